The molecule has 0 saturated carbocycles. The maximum atomic E-state index is 12.1. The van der Waals surface area contributed by atoms with E-state index in [0.29, 0.717) is 13.0 Å². The van der Waals surface area contributed by atoms with Crippen LogP contribution in [0.4, 0.5) is 0 Å². The molecule has 1 heterocycles. The Morgan fingerprint density at radius 2 is 2.17 bits per heavy atom. The normalized spacial score (nSPS) is 12.8. The van der Waals surface area contributed by atoms with Crippen molar-refractivity contribution in [1.82, 2.24) is 9.78 Å². The second kappa shape index (κ2) is 5.31. The second-order valence-corrected chi connectivity index (χ2v) is 4.57. The number of hydrogen-bond donors (Lipinski definition) is 1. The number of nitrogens with two attached hydrogens (primary N) is 1. The second-order valence-electron chi connectivity index (χ2n) is 4.57. The van der Waals surface area contributed by atoms with Gasteiger partial charge in [-0.3, -0.25) is 9.48 Å². The molecule has 0 amide bonds. The van der Waals surface area contributed by atoms with Gasteiger partial charge in [0.25, 0.3) is 0 Å². The Balaban J connectivity index is 2.30. The van der Waals surface area contributed by atoms with Gasteiger partial charge in [0.1, 0.15) is 5.78 Å². The number of Topliss-reactive ketones (excluding diaryl/α,β-unsaturated/α-hetero) is 1. The summed E-state index contributed by atoms with van der Waals surface area (Å²) in [6, 6.07) is 7.97. The molecule has 1 atom stereocenters. The van der Waals surface area contributed by atoms with E-state index in [-0.39, 0.29) is 11.7 Å². The molecular weight excluding hydrogens is 226 g/mol. The standard InChI is InChI=1S/C14H19N3O/c1-3-10(9-15)14(18)8-12-11-6-4-5-7-13(11)17(2)16-12/h4-7,10H,3,8-9,15H2,1-2H3. The average Bonchev–Trinajstić information content (AvgIpc) is 2.69. The number of rotatable bonds is 5. The average molecular weight is 245 g/mol. The Hall–Kier alpha value is -1.68. The molecule has 0 aliphatic heterocycles. The summed E-state index contributed by atoms with van der Waals surface area (Å²) < 4.78 is 1.82. The lowest BCUT2D eigenvalue weighted by atomic mass is 9.97. The van der Waals surface area contributed by atoms with Gasteiger partial charge in [0.05, 0.1) is 17.6 Å². The quantitative estimate of drug-likeness (QED) is 0.871. The molecule has 0 fully saturated rings. The molecule has 4 heteroatoms. The van der Waals surface area contributed by atoms with Crippen LogP contribution >= 0.6 is 0 Å². The number of carbonyl (C=O) groups is 1. The Bertz CT molecular complexity index is 555. The van der Waals surface area contributed by atoms with Crippen molar-refractivity contribution in [3.8, 4) is 0 Å². The molecule has 0 aliphatic carbocycles. The van der Waals surface area contributed by atoms with Crippen molar-refractivity contribution in [3.05, 3.63) is 30.0 Å². The van der Waals surface area contributed by atoms with Gasteiger partial charge in [-0.1, -0.05) is 25.1 Å². The molecule has 0 aliphatic rings. The molecule has 0 spiro atoms. The molecule has 0 bridgehead atoms. The zero-order valence-corrected chi connectivity index (χ0v) is 10.9. The van der Waals surface area contributed by atoms with Gasteiger partial charge in [-0.2, -0.15) is 5.10 Å². The van der Waals surface area contributed by atoms with Gasteiger partial charge in [0, 0.05) is 24.9 Å². The molecule has 0 radical (unpaired) electrons. The summed E-state index contributed by atoms with van der Waals surface area (Å²) in [5, 5.41) is 5.49. The number of carbonyl (C=O) groups excluding carboxylic acids is 1. The van der Waals surface area contributed by atoms with Crippen LogP contribution in [0.15, 0.2) is 24.3 Å². The summed E-state index contributed by atoms with van der Waals surface area (Å²) in [6.45, 7) is 2.41. The number of aromatic nitrogens is 2. The monoisotopic (exact) mass is 245 g/mol. The van der Waals surface area contributed by atoms with Crippen molar-refractivity contribution in [3.63, 3.8) is 0 Å². The highest BCUT2D eigenvalue weighted by molar-refractivity contribution is 5.89. The molecule has 1 aromatic heterocycles. The number of fused-ring (bicyclic) bond motifs is 1. The number of para-hydroxylation sites is 1. The van der Waals surface area contributed by atoms with Gasteiger partial charge >= 0.3 is 0 Å². The van der Waals surface area contributed by atoms with Crippen molar-refractivity contribution in [2.75, 3.05) is 6.54 Å². The van der Waals surface area contributed by atoms with E-state index < -0.39 is 0 Å². The Morgan fingerprint density at radius 3 is 2.83 bits per heavy atom. The SMILES string of the molecule is CCC(CN)C(=O)Cc1nn(C)c2ccccc12. The Kier molecular flexibility index (Phi) is 3.77. The van der Waals surface area contributed by atoms with Crippen LogP contribution in [0.5, 0.6) is 0 Å². The fourth-order valence-corrected chi connectivity index (χ4v) is 2.25. The number of hydrogen-bond acceptors (Lipinski definition) is 3. The van der Waals surface area contributed by atoms with E-state index in [0.717, 1.165) is 23.0 Å². The molecule has 2 aromatic rings. The predicted octanol–water partition coefficient (Wildman–Crippen LogP) is 1.67. The summed E-state index contributed by atoms with van der Waals surface area (Å²) in [5.74, 6) is 0.134. The molecule has 4 nitrogen and oxygen atoms in total. The van der Waals surface area contributed by atoms with Gasteiger partial charge in [-0.25, -0.2) is 0 Å². The summed E-state index contributed by atoms with van der Waals surface area (Å²) in [6.07, 6.45) is 1.16. The molecule has 18 heavy (non-hydrogen) atoms. The number of ketones is 1. The van der Waals surface area contributed by atoms with Crippen LogP contribution < -0.4 is 5.73 Å². The van der Waals surface area contributed by atoms with Crippen LogP contribution in [0.1, 0.15) is 19.0 Å². The van der Waals surface area contributed by atoms with Crippen LogP contribution in [-0.2, 0) is 18.3 Å². The molecule has 0 saturated heterocycles. The minimum absolute atomic E-state index is 0.0502. The highest BCUT2D eigenvalue weighted by Crippen LogP contribution is 2.19. The maximum Gasteiger partial charge on any atom is 0.143 e. The summed E-state index contributed by atoms with van der Waals surface area (Å²) in [4.78, 5) is 12.1. The van der Waals surface area contributed by atoms with Crippen LogP contribution in [0.2, 0.25) is 0 Å². The number of benzene rings is 1. The smallest absolute Gasteiger partial charge is 0.143 e. The summed E-state index contributed by atoms with van der Waals surface area (Å²) in [5.41, 5.74) is 7.52. The first-order valence-corrected chi connectivity index (χ1v) is 6.30. The molecule has 96 valence electrons. The zero-order chi connectivity index (χ0) is 13.1. The molecule has 2 rings (SSSR count). The third-order valence-electron chi connectivity index (χ3n) is 3.41. The van der Waals surface area contributed by atoms with E-state index in [1.165, 1.54) is 0 Å². The van der Waals surface area contributed by atoms with Crippen LogP contribution in [0.25, 0.3) is 10.9 Å². The number of nitrogens with zero attached hydrogens (tertiary/aromatic N) is 2. The summed E-state index contributed by atoms with van der Waals surface area (Å²) in [7, 11) is 1.90. The van der Waals surface area contributed by atoms with Crippen LogP contribution in [0.3, 0.4) is 0 Å². The van der Waals surface area contributed by atoms with Gasteiger partial charge in [-0.05, 0) is 12.5 Å². The Morgan fingerprint density at radius 1 is 1.44 bits per heavy atom. The van der Waals surface area contributed by atoms with Crippen molar-refractivity contribution >= 4 is 16.7 Å². The highest BCUT2D eigenvalue weighted by Gasteiger charge is 2.18. The topological polar surface area (TPSA) is 60.9 Å². The molecule has 2 N–H and O–H groups in total. The first-order chi connectivity index (χ1) is 8.67. The van der Waals surface area contributed by atoms with Gasteiger partial charge < -0.3 is 5.73 Å². The summed E-state index contributed by atoms with van der Waals surface area (Å²) >= 11 is 0. The van der Waals surface area contributed by atoms with Crippen molar-refractivity contribution in [2.24, 2.45) is 18.7 Å². The van der Waals surface area contributed by atoms with Gasteiger partial charge in [0.2, 0.25) is 0 Å². The fourth-order valence-electron chi connectivity index (χ4n) is 2.25. The van der Waals surface area contributed by atoms with Crippen LogP contribution in [0, 0.1) is 5.92 Å². The van der Waals surface area contributed by atoms with E-state index >= 15 is 0 Å². The van der Waals surface area contributed by atoms with E-state index in [2.05, 4.69) is 5.10 Å². The lowest BCUT2D eigenvalue weighted by Crippen LogP contribution is -2.24. The van der Waals surface area contributed by atoms with E-state index in [1.54, 1.807) is 0 Å². The molecular formula is C14H19N3O. The third-order valence-corrected chi connectivity index (χ3v) is 3.41. The largest absolute Gasteiger partial charge is 0.330 e. The first kappa shape index (κ1) is 12.8. The minimum atomic E-state index is -0.0502. The third kappa shape index (κ3) is 2.29. The van der Waals surface area contributed by atoms with Gasteiger partial charge in [-0.15, -0.1) is 0 Å². The van der Waals surface area contributed by atoms with E-state index in [4.69, 9.17) is 5.73 Å². The number of aryl methyl sites for hydroxylation is 1. The minimum Gasteiger partial charge on any atom is -0.330 e. The van der Waals surface area contributed by atoms with E-state index in [9.17, 15) is 4.79 Å². The van der Waals surface area contributed by atoms with Gasteiger partial charge in [0.15, 0.2) is 0 Å². The van der Waals surface area contributed by atoms with Crippen LogP contribution in [-0.4, -0.2) is 22.1 Å². The van der Waals surface area contributed by atoms with E-state index in [1.807, 2.05) is 42.9 Å². The van der Waals surface area contributed by atoms with Crippen molar-refractivity contribution in [1.29, 1.82) is 0 Å². The predicted molar refractivity (Wildman–Crippen MR) is 72.3 cm³/mol. The highest BCUT2D eigenvalue weighted by atomic mass is 16.1. The first-order valence-electron chi connectivity index (χ1n) is 6.30. The molecule has 1 aromatic carbocycles. The maximum absolute atomic E-state index is 12.1. The lowest BCUT2D eigenvalue weighted by molar-refractivity contribution is -0.122. The van der Waals surface area contributed by atoms with Crippen molar-refractivity contribution in [2.45, 2.75) is 19.8 Å². The zero-order valence-electron chi connectivity index (χ0n) is 10.9. The Labute approximate surface area is 107 Å². The van der Waals surface area contributed by atoms with Crippen molar-refractivity contribution < 1.29 is 4.79 Å². The lowest BCUT2D eigenvalue weighted by Gasteiger charge is -2.09. The molecule has 1 unspecified atom stereocenters. The fraction of sp³-hybridized carbons (Fsp3) is 0.429.